The minimum atomic E-state index is -2.93. The van der Waals surface area contributed by atoms with Crippen molar-refractivity contribution in [3.63, 3.8) is 0 Å². The second kappa shape index (κ2) is 7.35. The number of hydrogen-bond acceptors (Lipinski definition) is 3. The van der Waals surface area contributed by atoms with Gasteiger partial charge in [0.25, 0.3) is 5.91 Å². The molecule has 0 aliphatic carbocycles. The van der Waals surface area contributed by atoms with Crippen LogP contribution in [0.1, 0.15) is 15.9 Å². The first-order valence-electron chi connectivity index (χ1n) is 6.68. The van der Waals surface area contributed by atoms with Crippen LogP contribution in [-0.4, -0.2) is 18.4 Å². The molecule has 0 atom stereocenters. The number of alkyl halides is 2. The lowest BCUT2D eigenvalue weighted by atomic mass is 10.1. The topological polar surface area (TPSA) is 81.4 Å². The van der Waals surface area contributed by atoms with E-state index in [2.05, 4.69) is 10.1 Å². The molecule has 7 heteroatoms. The summed E-state index contributed by atoms with van der Waals surface area (Å²) in [5.74, 6) is -1.09. The van der Waals surface area contributed by atoms with E-state index < -0.39 is 18.4 Å². The van der Waals surface area contributed by atoms with E-state index in [0.29, 0.717) is 11.3 Å². The molecule has 2 aromatic rings. The van der Waals surface area contributed by atoms with Gasteiger partial charge in [-0.15, -0.1) is 0 Å². The lowest BCUT2D eigenvalue weighted by Crippen LogP contribution is -2.19. The quantitative estimate of drug-likeness (QED) is 0.858. The van der Waals surface area contributed by atoms with Crippen LogP contribution in [-0.2, 0) is 11.2 Å². The summed E-state index contributed by atoms with van der Waals surface area (Å²) in [6.07, 6.45) is -0.0620. The van der Waals surface area contributed by atoms with E-state index in [-0.39, 0.29) is 17.7 Å². The van der Waals surface area contributed by atoms with Gasteiger partial charge in [-0.25, -0.2) is 0 Å². The van der Waals surface area contributed by atoms with E-state index in [1.807, 2.05) is 0 Å². The third-order valence-corrected chi connectivity index (χ3v) is 2.95. The lowest BCUT2D eigenvalue weighted by molar-refractivity contribution is -0.115. The number of ether oxygens (including phenoxy) is 1. The van der Waals surface area contributed by atoms with E-state index in [4.69, 9.17) is 5.73 Å². The molecule has 0 fully saturated rings. The molecule has 5 nitrogen and oxygen atoms in total. The largest absolute Gasteiger partial charge is 0.435 e. The normalized spacial score (nSPS) is 10.4. The van der Waals surface area contributed by atoms with Gasteiger partial charge in [-0.05, 0) is 29.8 Å². The lowest BCUT2D eigenvalue weighted by Gasteiger charge is -2.10. The van der Waals surface area contributed by atoms with Crippen molar-refractivity contribution in [2.24, 2.45) is 5.73 Å². The first-order valence-corrected chi connectivity index (χ1v) is 6.68. The number of anilines is 1. The van der Waals surface area contributed by atoms with Gasteiger partial charge in [-0.3, -0.25) is 9.59 Å². The summed E-state index contributed by atoms with van der Waals surface area (Å²) in [6, 6.07) is 12.2. The number of para-hydroxylation sites is 1. The molecule has 120 valence electrons. The molecular weight excluding hydrogens is 306 g/mol. The summed E-state index contributed by atoms with van der Waals surface area (Å²) < 4.78 is 28.6. The first kappa shape index (κ1) is 16.4. The maximum atomic E-state index is 12.2. The summed E-state index contributed by atoms with van der Waals surface area (Å²) in [6.45, 7) is -2.93. The zero-order valence-corrected chi connectivity index (χ0v) is 12.0. The number of benzene rings is 2. The summed E-state index contributed by atoms with van der Waals surface area (Å²) in [5.41, 5.74) is 6.22. The number of carbonyl (C=O) groups excluding carboxylic acids is 2. The minimum absolute atomic E-state index is 0.0252. The number of nitrogens with one attached hydrogen (secondary N) is 1. The Morgan fingerprint density at radius 1 is 1.13 bits per heavy atom. The Morgan fingerprint density at radius 3 is 2.57 bits per heavy atom. The molecule has 0 saturated carbocycles. The number of carbonyl (C=O) groups is 2. The highest BCUT2D eigenvalue weighted by Gasteiger charge is 2.11. The van der Waals surface area contributed by atoms with Crippen LogP contribution in [0.3, 0.4) is 0 Å². The van der Waals surface area contributed by atoms with Gasteiger partial charge in [-0.2, -0.15) is 8.78 Å². The Labute approximate surface area is 131 Å². The third kappa shape index (κ3) is 4.77. The van der Waals surface area contributed by atoms with Crippen molar-refractivity contribution in [3.8, 4) is 5.75 Å². The van der Waals surface area contributed by atoms with Crippen LogP contribution in [0.15, 0.2) is 48.5 Å². The molecule has 0 radical (unpaired) electrons. The monoisotopic (exact) mass is 320 g/mol. The predicted molar refractivity (Wildman–Crippen MR) is 80.4 cm³/mol. The fourth-order valence-electron chi connectivity index (χ4n) is 2.02. The number of primary amides is 1. The van der Waals surface area contributed by atoms with Gasteiger partial charge in [0.1, 0.15) is 5.75 Å². The molecule has 0 aliphatic heterocycles. The number of halogens is 2. The number of amides is 2. The number of hydrogen-bond donors (Lipinski definition) is 2. The van der Waals surface area contributed by atoms with Crippen molar-refractivity contribution in [1.29, 1.82) is 0 Å². The minimum Gasteiger partial charge on any atom is -0.435 e. The van der Waals surface area contributed by atoms with Crippen LogP contribution in [0, 0.1) is 0 Å². The SMILES string of the molecule is NC(=O)c1ccccc1NC(=O)Cc1cccc(OC(F)F)c1. The number of rotatable bonds is 6. The van der Waals surface area contributed by atoms with Crippen LogP contribution in [0.4, 0.5) is 14.5 Å². The van der Waals surface area contributed by atoms with Crippen molar-refractivity contribution in [1.82, 2.24) is 0 Å². The van der Waals surface area contributed by atoms with Crippen LogP contribution >= 0.6 is 0 Å². The van der Waals surface area contributed by atoms with Gasteiger partial charge < -0.3 is 15.8 Å². The maximum absolute atomic E-state index is 12.2. The molecular formula is C16H14F2N2O3. The van der Waals surface area contributed by atoms with Gasteiger partial charge >= 0.3 is 6.61 Å². The molecule has 2 amide bonds. The molecule has 0 heterocycles. The number of nitrogens with two attached hydrogens (primary N) is 1. The van der Waals surface area contributed by atoms with Gasteiger partial charge in [0, 0.05) is 0 Å². The Hall–Kier alpha value is -2.96. The van der Waals surface area contributed by atoms with E-state index >= 15 is 0 Å². The highest BCUT2D eigenvalue weighted by Crippen LogP contribution is 2.18. The van der Waals surface area contributed by atoms with Crippen molar-refractivity contribution in [2.75, 3.05) is 5.32 Å². The molecule has 3 N–H and O–H groups in total. The van der Waals surface area contributed by atoms with Crippen LogP contribution in [0.5, 0.6) is 5.75 Å². The molecule has 0 saturated heterocycles. The summed E-state index contributed by atoms with van der Waals surface area (Å²) >= 11 is 0. The smallest absolute Gasteiger partial charge is 0.387 e. The fraction of sp³-hybridized carbons (Fsp3) is 0.125. The van der Waals surface area contributed by atoms with Gasteiger partial charge in [-0.1, -0.05) is 24.3 Å². The van der Waals surface area contributed by atoms with Crippen molar-refractivity contribution < 1.29 is 23.1 Å². The van der Waals surface area contributed by atoms with Crippen molar-refractivity contribution in [2.45, 2.75) is 13.0 Å². The second-order valence-corrected chi connectivity index (χ2v) is 4.66. The zero-order chi connectivity index (χ0) is 16.8. The Kier molecular flexibility index (Phi) is 5.24. The first-order chi connectivity index (χ1) is 11.0. The molecule has 2 aromatic carbocycles. The molecule has 0 aliphatic rings. The molecule has 0 spiro atoms. The molecule has 23 heavy (non-hydrogen) atoms. The van der Waals surface area contributed by atoms with Crippen LogP contribution < -0.4 is 15.8 Å². The highest BCUT2D eigenvalue weighted by atomic mass is 19.3. The van der Waals surface area contributed by atoms with E-state index in [1.165, 1.54) is 24.3 Å². The molecule has 0 aromatic heterocycles. The second-order valence-electron chi connectivity index (χ2n) is 4.66. The standard InChI is InChI=1S/C16H14F2N2O3/c17-16(18)23-11-5-3-4-10(8-11)9-14(21)20-13-7-2-1-6-12(13)15(19)22/h1-8,16H,9H2,(H2,19,22)(H,20,21). The summed E-state index contributed by atoms with van der Waals surface area (Å²) in [5, 5.41) is 2.57. The Balaban J connectivity index is 2.07. The zero-order valence-electron chi connectivity index (χ0n) is 12.0. The Bertz CT molecular complexity index is 720. The molecule has 0 unspecified atom stereocenters. The Morgan fingerprint density at radius 2 is 1.87 bits per heavy atom. The van der Waals surface area contributed by atoms with Crippen molar-refractivity contribution >= 4 is 17.5 Å². The molecule has 0 bridgehead atoms. The third-order valence-electron chi connectivity index (χ3n) is 2.95. The van der Waals surface area contributed by atoms with Crippen LogP contribution in [0.2, 0.25) is 0 Å². The van der Waals surface area contributed by atoms with Crippen LogP contribution in [0.25, 0.3) is 0 Å². The summed E-state index contributed by atoms with van der Waals surface area (Å²) in [4.78, 5) is 23.3. The average molecular weight is 320 g/mol. The average Bonchev–Trinajstić information content (AvgIpc) is 2.47. The fourth-order valence-corrected chi connectivity index (χ4v) is 2.02. The predicted octanol–water partition coefficient (Wildman–Crippen LogP) is 2.57. The van der Waals surface area contributed by atoms with E-state index in [9.17, 15) is 18.4 Å². The van der Waals surface area contributed by atoms with E-state index in [0.717, 1.165) is 0 Å². The van der Waals surface area contributed by atoms with E-state index in [1.54, 1.807) is 24.3 Å². The molecule has 2 rings (SSSR count). The highest BCUT2D eigenvalue weighted by molar-refractivity contribution is 6.03. The van der Waals surface area contributed by atoms with Gasteiger partial charge in [0.15, 0.2) is 0 Å². The van der Waals surface area contributed by atoms with Gasteiger partial charge in [0.2, 0.25) is 5.91 Å². The summed E-state index contributed by atoms with van der Waals surface area (Å²) in [7, 11) is 0. The maximum Gasteiger partial charge on any atom is 0.387 e. The van der Waals surface area contributed by atoms with Gasteiger partial charge in [0.05, 0.1) is 17.7 Å². The van der Waals surface area contributed by atoms with Crippen molar-refractivity contribution in [3.05, 3.63) is 59.7 Å².